The Bertz CT molecular complexity index is 1030. The highest BCUT2D eigenvalue weighted by Gasteiger charge is 2.65. The molecule has 2 aliphatic heterocycles. The van der Waals surface area contributed by atoms with Gasteiger partial charge in [-0.2, -0.15) is 0 Å². The fourth-order valence-corrected chi connectivity index (χ4v) is 7.68. The van der Waals surface area contributed by atoms with Crippen molar-refractivity contribution >= 4 is 5.91 Å². The highest BCUT2D eigenvalue weighted by molar-refractivity contribution is 5.84. The third kappa shape index (κ3) is 3.80. The Labute approximate surface area is 197 Å². The van der Waals surface area contributed by atoms with Crippen molar-refractivity contribution in [2.24, 2.45) is 16.2 Å². The molecule has 2 heterocycles. The Morgan fingerprint density at radius 3 is 1.91 bits per heavy atom. The molecular formula is C28H36N2O3. The number of benzene rings is 2. The number of carbonyl (C=O) groups excluding carboxylic acids is 1. The molecule has 3 fully saturated rings. The highest BCUT2D eigenvalue weighted by atomic mass is 16.5. The van der Waals surface area contributed by atoms with E-state index < -0.39 is 0 Å². The molecule has 3 bridgehead atoms. The molecule has 33 heavy (non-hydrogen) atoms. The summed E-state index contributed by atoms with van der Waals surface area (Å²) in [7, 11) is 3.38. The SMILES string of the molecule is COc1ccc(CN2C[C@@]3(C)C[C@]4(C)C[C@](C)(C3)[C@H]2N(Cc2ccc(OC)cc2)C4=O)cc1. The fourth-order valence-electron chi connectivity index (χ4n) is 7.68. The topological polar surface area (TPSA) is 42.0 Å². The summed E-state index contributed by atoms with van der Waals surface area (Å²) in [5.41, 5.74) is 2.36. The Balaban J connectivity index is 1.51. The molecule has 5 nitrogen and oxygen atoms in total. The average Bonchev–Trinajstić information content (AvgIpc) is 2.76. The zero-order valence-electron chi connectivity index (χ0n) is 20.6. The molecule has 5 rings (SSSR count). The number of rotatable bonds is 6. The quantitative estimate of drug-likeness (QED) is 0.617. The van der Waals surface area contributed by atoms with Crippen molar-refractivity contribution in [3.05, 3.63) is 59.7 Å². The van der Waals surface area contributed by atoms with Crippen molar-refractivity contribution in [2.75, 3.05) is 20.8 Å². The van der Waals surface area contributed by atoms with Crippen LogP contribution in [0.5, 0.6) is 11.5 Å². The summed E-state index contributed by atoms with van der Waals surface area (Å²) >= 11 is 0. The van der Waals surface area contributed by atoms with E-state index in [-0.39, 0.29) is 22.4 Å². The van der Waals surface area contributed by atoms with Crippen molar-refractivity contribution in [1.29, 1.82) is 0 Å². The minimum atomic E-state index is -0.281. The molecule has 2 saturated heterocycles. The number of methoxy groups -OCH3 is 2. The Kier molecular flexibility index (Phi) is 5.24. The molecule has 4 atom stereocenters. The van der Waals surface area contributed by atoms with Gasteiger partial charge in [0.2, 0.25) is 5.91 Å². The lowest BCUT2D eigenvalue weighted by Crippen LogP contribution is -2.74. The predicted molar refractivity (Wildman–Crippen MR) is 129 cm³/mol. The highest BCUT2D eigenvalue weighted by Crippen LogP contribution is 2.64. The summed E-state index contributed by atoms with van der Waals surface area (Å²) in [6.45, 7) is 9.51. The van der Waals surface area contributed by atoms with Crippen molar-refractivity contribution in [3.8, 4) is 11.5 Å². The van der Waals surface area contributed by atoms with Crippen LogP contribution in [0.2, 0.25) is 0 Å². The van der Waals surface area contributed by atoms with Gasteiger partial charge in [-0.3, -0.25) is 9.69 Å². The first-order chi connectivity index (χ1) is 15.7. The molecule has 1 saturated carbocycles. The van der Waals surface area contributed by atoms with E-state index in [0.717, 1.165) is 43.0 Å². The number of fused-ring (bicyclic) bond motifs is 2. The van der Waals surface area contributed by atoms with Gasteiger partial charge >= 0.3 is 0 Å². The first kappa shape index (κ1) is 22.3. The molecule has 0 spiro atoms. The maximum atomic E-state index is 14.0. The van der Waals surface area contributed by atoms with Crippen LogP contribution in [0.15, 0.2) is 48.5 Å². The second-order valence-corrected chi connectivity index (χ2v) is 11.5. The van der Waals surface area contributed by atoms with E-state index in [1.807, 2.05) is 24.3 Å². The minimum absolute atomic E-state index is 0.0762. The molecule has 2 aromatic rings. The molecule has 2 aromatic carbocycles. The largest absolute Gasteiger partial charge is 0.497 e. The number of hydrogen-bond donors (Lipinski definition) is 0. The number of amides is 1. The van der Waals surface area contributed by atoms with Crippen LogP contribution in [0.1, 0.15) is 51.2 Å². The van der Waals surface area contributed by atoms with Crippen LogP contribution in [-0.2, 0) is 17.9 Å². The van der Waals surface area contributed by atoms with E-state index in [9.17, 15) is 4.79 Å². The maximum absolute atomic E-state index is 14.0. The van der Waals surface area contributed by atoms with Gasteiger partial charge < -0.3 is 14.4 Å². The van der Waals surface area contributed by atoms with Crippen molar-refractivity contribution < 1.29 is 14.3 Å². The molecule has 0 unspecified atom stereocenters. The van der Waals surface area contributed by atoms with Crippen molar-refractivity contribution in [3.63, 3.8) is 0 Å². The lowest BCUT2D eigenvalue weighted by atomic mass is 9.48. The van der Waals surface area contributed by atoms with Crippen LogP contribution in [0.25, 0.3) is 0 Å². The first-order valence-electron chi connectivity index (χ1n) is 12.0. The number of carbonyl (C=O) groups is 1. The van der Waals surface area contributed by atoms with Gasteiger partial charge in [0.15, 0.2) is 0 Å². The van der Waals surface area contributed by atoms with Crippen LogP contribution in [0, 0.1) is 16.2 Å². The average molecular weight is 449 g/mol. The third-order valence-corrected chi connectivity index (χ3v) is 8.12. The zero-order chi connectivity index (χ0) is 23.4. The monoisotopic (exact) mass is 448 g/mol. The summed E-state index contributed by atoms with van der Waals surface area (Å²) in [6.07, 6.45) is 3.19. The molecule has 1 aliphatic carbocycles. The van der Waals surface area contributed by atoms with Crippen LogP contribution in [0.4, 0.5) is 0 Å². The van der Waals surface area contributed by atoms with Gasteiger partial charge in [0, 0.05) is 30.5 Å². The van der Waals surface area contributed by atoms with E-state index in [4.69, 9.17) is 9.47 Å². The Morgan fingerprint density at radius 1 is 0.818 bits per heavy atom. The Hall–Kier alpha value is -2.53. The molecule has 0 aromatic heterocycles. The summed E-state index contributed by atoms with van der Waals surface area (Å²) in [4.78, 5) is 18.8. The van der Waals surface area contributed by atoms with E-state index in [1.165, 1.54) is 12.0 Å². The molecule has 176 valence electrons. The van der Waals surface area contributed by atoms with E-state index in [2.05, 4.69) is 54.8 Å². The van der Waals surface area contributed by atoms with Crippen LogP contribution in [0.3, 0.4) is 0 Å². The first-order valence-corrected chi connectivity index (χ1v) is 12.0. The molecule has 0 N–H and O–H groups in total. The lowest BCUT2D eigenvalue weighted by Gasteiger charge is -2.68. The fraction of sp³-hybridized carbons (Fsp3) is 0.536. The number of likely N-dealkylation sites (tertiary alicyclic amines) is 2. The number of nitrogens with zero attached hydrogens (tertiary/aromatic N) is 2. The van der Waals surface area contributed by atoms with Crippen LogP contribution >= 0.6 is 0 Å². The summed E-state index contributed by atoms with van der Waals surface area (Å²) in [5.74, 6) is 2.03. The third-order valence-electron chi connectivity index (χ3n) is 8.12. The normalized spacial score (nSPS) is 33.3. The molecular weight excluding hydrogens is 412 g/mol. The molecule has 1 amide bonds. The second kappa shape index (κ2) is 7.76. The molecule has 3 aliphatic rings. The van der Waals surface area contributed by atoms with E-state index in [0.29, 0.717) is 12.5 Å². The smallest absolute Gasteiger partial charge is 0.230 e. The number of hydrogen-bond acceptors (Lipinski definition) is 4. The van der Waals surface area contributed by atoms with E-state index in [1.54, 1.807) is 14.2 Å². The van der Waals surface area contributed by atoms with Gasteiger partial charge in [-0.25, -0.2) is 0 Å². The van der Waals surface area contributed by atoms with Gasteiger partial charge in [0.25, 0.3) is 0 Å². The Morgan fingerprint density at radius 2 is 1.36 bits per heavy atom. The van der Waals surface area contributed by atoms with Crippen molar-refractivity contribution in [1.82, 2.24) is 9.80 Å². The van der Waals surface area contributed by atoms with Crippen LogP contribution < -0.4 is 9.47 Å². The zero-order valence-corrected chi connectivity index (χ0v) is 20.6. The van der Waals surface area contributed by atoms with Crippen LogP contribution in [-0.4, -0.2) is 42.6 Å². The van der Waals surface area contributed by atoms with Gasteiger partial charge in [-0.15, -0.1) is 0 Å². The van der Waals surface area contributed by atoms with Crippen molar-refractivity contribution in [2.45, 2.75) is 59.3 Å². The number of piperidine rings is 2. The minimum Gasteiger partial charge on any atom is -0.497 e. The van der Waals surface area contributed by atoms with Gasteiger partial charge in [-0.1, -0.05) is 45.0 Å². The molecule has 5 heteroatoms. The summed E-state index contributed by atoms with van der Waals surface area (Å²) in [6, 6.07) is 16.5. The van der Waals surface area contributed by atoms with Gasteiger partial charge in [-0.05, 0) is 60.1 Å². The number of ether oxygens (including phenoxy) is 2. The second-order valence-electron chi connectivity index (χ2n) is 11.5. The summed E-state index contributed by atoms with van der Waals surface area (Å²) in [5, 5.41) is 0. The predicted octanol–water partition coefficient (Wildman–Crippen LogP) is 5.09. The lowest BCUT2D eigenvalue weighted by molar-refractivity contribution is -0.224. The molecule has 0 radical (unpaired) electrons. The van der Waals surface area contributed by atoms with Gasteiger partial charge in [0.1, 0.15) is 11.5 Å². The summed E-state index contributed by atoms with van der Waals surface area (Å²) < 4.78 is 10.7. The standard InChI is InChI=1S/C28H36N2O3/c1-26-16-27(2)18-28(3,17-26)25(31)30(15-21-8-12-23(33-5)13-9-21)24(27)29(19-26)14-20-6-10-22(32-4)11-7-20/h6-13,24H,14-19H2,1-5H3/t24-,26-,27+,28-/m1/s1. The van der Waals surface area contributed by atoms with Gasteiger partial charge in [0.05, 0.1) is 20.4 Å². The maximum Gasteiger partial charge on any atom is 0.230 e. The van der Waals surface area contributed by atoms with E-state index >= 15 is 0 Å².